The van der Waals surface area contributed by atoms with Crippen LogP contribution in [-0.2, 0) is 16.8 Å². The van der Waals surface area contributed by atoms with E-state index < -0.39 is 5.54 Å². The predicted molar refractivity (Wildman–Crippen MR) is 169 cm³/mol. The van der Waals surface area contributed by atoms with Crippen LogP contribution in [0.25, 0.3) is 10.9 Å². The molecular formula is C36H41N3O4. The van der Waals surface area contributed by atoms with E-state index in [9.17, 15) is 9.59 Å². The Kier molecular flexibility index (Phi) is 9.29. The van der Waals surface area contributed by atoms with Crippen molar-refractivity contribution in [1.82, 2.24) is 15.2 Å². The second-order valence-corrected chi connectivity index (χ2v) is 11.7. The molecule has 1 fully saturated rings. The van der Waals surface area contributed by atoms with Gasteiger partial charge in [-0.15, -0.1) is 0 Å². The highest BCUT2D eigenvalue weighted by atomic mass is 16.5. The molecule has 1 aromatic heterocycles. The number of urea groups is 1. The summed E-state index contributed by atoms with van der Waals surface area (Å²) < 4.78 is 12.1. The molecule has 0 bridgehead atoms. The van der Waals surface area contributed by atoms with Crippen molar-refractivity contribution < 1.29 is 19.1 Å². The number of ether oxygens (including phenoxy) is 2. The monoisotopic (exact) mass is 579 g/mol. The Morgan fingerprint density at radius 1 is 0.907 bits per heavy atom. The highest BCUT2D eigenvalue weighted by molar-refractivity contribution is 6.07. The number of carbonyl (C=O) groups is 2. The van der Waals surface area contributed by atoms with Crippen LogP contribution in [0.2, 0.25) is 0 Å². The standard InChI is InChI=1S/C36H41N3O4/c1-25(2)43-30-19-17-29(18-20-30)36(4)34(40)39(35(41)38-36)21-10-5-6-11-22-42-33-28(23-27-14-8-7-9-15-27)24-37-32-26(3)13-12-16-31(32)33/h7-9,12-20,24-25H,5-6,10-11,21-23H2,1-4H3,(H,38,41). The molecule has 43 heavy (non-hydrogen) atoms. The maximum Gasteiger partial charge on any atom is 0.325 e. The average Bonchev–Trinajstić information content (AvgIpc) is 3.21. The molecule has 1 atom stereocenters. The van der Waals surface area contributed by atoms with Gasteiger partial charge < -0.3 is 14.8 Å². The van der Waals surface area contributed by atoms with Gasteiger partial charge in [-0.2, -0.15) is 0 Å². The molecule has 7 nitrogen and oxygen atoms in total. The fourth-order valence-electron chi connectivity index (χ4n) is 5.63. The van der Waals surface area contributed by atoms with Crippen LogP contribution in [0.3, 0.4) is 0 Å². The van der Waals surface area contributed by atoms with E-state index in [4.69, 9.17) is 14.5 Å². The SMILES string of the molecule is Cc1cccc2c(OCCCCCCN3C(=O)NC(C)(c4ccc(OC(C)C)cc4)C3=O)c(Cc3ccccc3)cnc12. The second-order valence-electron chi connectivity index (χ2n) is 11.7. The lowest BCUT2D eigenvalue weighted by atomic mass is 9.92. The summed E-state index contributed by atoms with van der Waals surface area (Å²) in [7, 11) is 0. The Morgan fingerprint density at radius 3 is 2.40 bits per heavy atom. The number of hydrogen-bond donors (Lipinski definition) is 1. The Bertz CT molecular complexity index is 1570. The van der Waals surface area contributed by atoms with E-state index >= 15 is 0 Å². The van der Waals surface area contributed by atoms with Gasteiger partial charge in [-0.05, 0) is 75.4 Å². The molecule has 4 aromatic rings. The molecule has 1 N–H and O–H groups in total. The number of pyridine rings is 1. The van der Waals surface area contributed by atoms with Crippen LogP contribution in [0, 0.1) is 6.92 Å². The molecule has 5 rings (SSSR count). The van der Waals surface area contributed by atoms with Crippen LogP contribution in [0.4, 0.5) is 4.79 Å². The van der Waals surface area contributed by atoms with Crippen LogP contribution in [-0.4, -0.2) is 41.1 Å². The van der Waals surface area contributed by atoms with Crippen molar-refractivity contribution in [1.29, 1.82) is 0 Å². The van der Waals surface area contributed by atoms with E-state index in [0.717, 1.165) is 71.2 Å². The zero-order valence-electron chi connectivity index (χ0n) is 25.6. The Labute approximate surface area is 254 Å². The zero-order valence-corrected chi connectivity index (χ0v) is 25.6. The highest BCUT2D eigenvalue weighted by Gasteiger charge is 2.48. The number of aryl methyl sites for hydroxylation is 1. The molecule has 1 aliphatic heterocycles. The van der Waals surface area contributed by atoms with Gasteiger partial charge in [0.25, 0.3) is 5.91 Å². The number of hydrogen-bond acceptors (Lipinski definition) is 5. The van der Waals surface area contributed by atoms with Gasteiger partial charge in [0.2, 0.25) is 0 Å². The largest absolute Gasteiger partial charge is 0.493 e. The molecule has 0 aliphatic carbocycles. The van der Waals surface area contributed by atoms with Crippen molar-refractivity contribution in [2.75, 3.05) is 13.2 Å². The summed E-state index contributed by atoms with van der Waals surface area (Å²) in [5.74, 6) is 1.42. The minimum Gasteiger partial charge on any atom is -0.493 e. The molecule has 3 aromatic carbocycles. The summed E-state index contributed by atoms with van der Waals surface area (Å²) in [5.41, 5.74) is 4.05. The number of para-hydroxylation sites is 1. The van der Waals surface area contributed by atoms with E-state index in [1.807, 2.05) is 50.4 Å². The fourth-order valence-corrected chi connectivity index (χ4v) is 5.63. The average molecular weight is 580 g/mol. The normalized spacial score (nSPS) is 16.6. The summed E-state index contributed by atoms with van der Waals surface area (Å²) in [4.78, 5) is 32.1. The van der Waals surface area contributed by atoms with Gasteiger partial charge in [0, 0.05) is 30.1 Å². The lowest BCUT2D eigenvalue weighted by molar-refractivity contribution is -0.131. The molecule has 3 amide bonds. The van der Waals surface area contributed by atoms with Gasteiger partial charge in [0.15, 0.2) is 0 Å². The molecule has 1 saturated heterocycles. The number of fused-ring (bicyclic) bond motifs is 1. The van der Waals surface area contributed by atoms with Gasteiger partial charge >= 0.3 is 6.03 Å². The van der Waals surface area contributed by atoms with Crippen LogP contribution in [0.15, 0.2) is 79.0 Å². The van der Waals surface area contributed by atoms with E-state index in [2.05, 4.69) is 54.7 Å². The lowest BCUT2D eigenvalue weighted by Gasteiger charge is -2.22. The third-order valence-corrected chi connectivity index (χ3v) is 7.96. The topological polar surface area (TPSA) is 80.8 Å². The highest BCUT2D eigenvalue weighted by Crippen LogP contribution is 2.33. The van der Waals surface area contributed by atoms with Crippen molar-refractivity contribution in [2.45, 2.75) is 71.4 Å². The number of carbonyl (C=O) groups excluding carboxylic acids is 2. The number of nitrogens with one attached hydrogen (secondary N) is 1. The number of imide groups is 1. The third-order valence-electron chi connectivity index (χ3n) is 7.96. The summed E-state index contributed by atoms with van der Waals surface area (Å²) in [5, 5.41) is 3.94. The summed E-state index contributed by atoms with van der Waals surface area (Å²) in [6.45, 7) is 8.75. The van der Waals surface area contributed by atoms with Crippen molar-refractivity contribution in [3.63, 3.8) is 0 Å². The van der Waals surface area contributed by atoms with Gasteiger partial charge in [-0.1, -0.05) is 67.4 Å². The van der Waals surface area contributed by atoms with E-state index in [-0.39, 0.29) is 18.0 Å². The maximum atomic E-state index is 13.3. The van der Waals surface area contributed by atoms with Gasteiger partial charge in [0.05, 0.1) is 18.2 Å². The van der Waals surface area contributed by atoms with Crippen molar-refractivity contribution in [3.8, 4) is 11.5 Å². The Balaban J connectivity index is 1.13. The molecular weight excluding hydrogens is 538 g/mol. The summed E-state index contributed by atoms with van der Waals surface area (Å²) in [6.07, 6.45) is 6.22. The zero-order chi connectivity index (χ0) is 30.4. The molecule has 7 heteroatoms. The van der Waals surface area contributed by atoms with Crippen molar-refractivity contribution in [3.05, 3.63) is 101 Å². The number of nitrogens with zero attached hydrogens (tertiary/aromatic N) is 2. The first kappa shape index (κ1) is 30.1. The molecule has 1 aliphatic rings. The maximum absolute atomic E-state index is 13.3. The second kappa shape index (κ2) is 13.3. The number of rotatable bonds is 13. The Hall–Kier alpha value is -4.39. The third kappa shape index (κ3) is 6.82. The first-order valence-corrected chi connectivity index (χ1v) is 15.2. The summed E-state index contributed by atoms with van der Waals surface area (Å²) >= 11 is 0. The Morgan fingerprint density at radius 2 is 1.65 bits per heavy atom. The van der Waals surface area contributed by atoms with Crippen LogP contribution >= 0.6 is 0 Å². The predicted octanol–water partition coefficient (Wildman–Crippen LogP) is 7.33. The van der Waals surface area contributed by atoms with Crippen LogP contribution in [0.1, 0.15) is 68.7 Å². The van der Waals surface area contributed by atoms with Gasteiger partial charge in [-0.3, -0.25) is 14.7 Å². The summed E-state index contributed by atoms with van der Waals surface area (Å²) in [6, 6.07) is 23.6. The first-order valence-electron chi connectivity index (χ1n) is 15.2. The molecule has 0 spiro atoms. The van der Waals surface area contributed by atoms with E-state index in [1.165, 1.54) is 10.5 Å². The van der Waals surface area contributed by atoms with Gasteiger partial charge in [0.1, 0.15) is 17.0 Å². The van der Waals surface area contributed by atoms with Crippen LogP contribution < -0.4 is 14.8 Å². The van der Waals surface area contributed by atoms with Crippen molar-refractivity contribution in [2.24, 2.45) is 0 Å². The number of benzene rings is 3. The molecule has 0 saturated carbocycles. The molecule has 224 valence electrons. The smallest absolute Gasteiger partial charge is 0.325 e. The molecule has 2 heterocycles. The van der Waals surface area contributed by atoms with E-state index in [1.54, 1.807) is 6.92 Å². The quantitative estimate of drug-likeness (QED) is 0.133. The number of unbranched alkanes of at least 4 members (excludes halogenated alkanes) is 3. The minimum atomic E-state index is -1.08. The molecule has 0 radical (unpaired) electrons. The first-order chi connectivity index (χ1) is 20.8. The van der Waals surface area contributed by atoms with Crippen molar-refractivity contribution >= 4 is 22.8 Å². The number of amides is 3. The lowest BCUT2D eigenvalue weighted by Crippen LogP contribution is -2.41. The number of aromatic nitrogens is 1. The minimum absolute atomic E-state index is 0.0632. The fraction of sp³-hybridized carbons (Fsp3) is 0.361. The molecule has 1 unspecified atom stereocenters. The van der Waals surface area contributed by atoms with Crippen LogP contribution in [0.5, 0.6) is 11.5 Å². The van der Waals surface area contributed by atoms with Gasteiger partial charge in [-0.25, -0.2) is 4.79 Å². The van der Waals surface area contributed by atoms with E-state index in [0.29, 0.717) is 13.2 Å².